The topological polar surface area (TPSA) is 0 Å². The summed E-state index contributed by atoms with van der Waals surface area (Å²) in [5.74, 6) is 0.737. The second-order valence-corrected chi connectivity index (χ2v) is 3.78. The Morgan fingerprint density at radius 2 is 1.73 bits per heavy atom. The highest BCUT2D eigenvalue weighted by atomic mass is 32.1. The number of thiol groups is 1. The summed E-state index contributed by atoms with van der Waals surface area (Å²) in [6, 6.07) is 8.37. The molecule has 11 heavy (non-hydrogen) atoms. The van der Waals surface area contributed by atoms with Crippen molar-refractivity contribution in [3.8, 4) is 0 Å². The summed E-state index contributed by atoms with van der Waals surface area (Å²) in [7, 11) is 0. The maximum atomic E-state index is 4.22. The first-order valence-electron chi connectivity index (χ1n) is 3.96. The van der Waals surface area contributed by atoms with E-state index in [9.17, 15) is 0 Å². The van der Waals surface area contributed by atoms with Crippen LogP contribution >= 0.6 is 12.6 Å². The van der Waals surface area contributed by atoms with Crippen molar-refractivity contribution in [2.45, 2.75) is 25.2 Å². The van der Waals surface area contributed by atoms with Gasteiger partial charge in [0, 0.05) is 4.90 Å². The summed E-state index contributed by atoms with van der Waals surface area (Å²) < 4.78 is 0. The van der Waals surface area contributed by atoms with E-state index in [2.05, 4.69) is 38.6 Å². The van der Waals surface area contributed by atoms with E-state index in [1.54, 1.807) is 0 Å². The molecule has 60 valence electrons. The Hall–Kier alpha value is -0.430. The fraction of sp³-hybridized carbons (Fsp3) is 0.400. The molecule has 0 nitrogen and oxygen atoms in total. The van der Waals surface area contributed by atoms with Crippen molar-refractivity contribution in [1.82, 2.24) is 0 Å². The predicted molar refractivity (Wildman–Crippen MR) is 52.2 cm³/mol. The Kier molecular flexibility index (Phi) is 3.01. The van der Waals surface area contributed by atoms with E-state index in [0.29, 0.717) is 0 Å². The molecule has 1 aromatic rings. The smallest absolute Gasteiger partial charge is 0.00401 e. The average molecular weight is 166 g/mol. The van der Waals surface area contributed by atoms with Crippen molar-refractivity contribution >= 4 is 12.6 Å². The van der Waals surface area contributed by atoms with Crippen molar-refractivity contribution < 1.29 is 0 Å². The second-order valence-electron chi connectivity index (χ2n) is 3.26. The van der Waals surface area contributed by atoms with Crippen LogP contribution in [0, 0.1) is 5.92 Å². The lowest BCUT2D eigenvalue weighted by Crippen LogP contribution is -1.92. The van der Waals surface area contributed by atoms with Crippen LogP contribution in [0.5, 0.6) is 0 Å². The molecule has 0 aliphatic heterocycles. The molecule has 1 aromatic carbocycles. The lowest BCUT2D eigenvalue weighted by atomic mass is 10.0. The van der Waals surface area contributed by atoms with Gasteiger partial charge in [0.1, 0.15) is 0 Å². The van der Waals surface area contributed by atoms with E-state index in [1.165, 1.54) is 5.56 Å². The van der Waals surface area contributed by atoms with Crippen molar-refractivity contribution in [2.75, 3.05) is 0 Å². The maximum Gasteiger partial charge on any atom is 0.00401 e. The summed E-state index contributed by atoms with van der Waals surface area (Å²) >= 11 is 4.22. The highest BCUT2D eigenvalue weighted by Crippen LogP contribution is 2.11. The molecule has 0 bridgehead atoms. The molecule has 0 amide bonds. The Labute approximate surface area is 74.0 Å². The lowest BCUT2D eigenvalue weighted by Gasteiger charge is -2.03. The summed E-state index contributed by atoms with van der Waals surface area (Å²) in [5, 5.41) is 0. The minimum Gasteiger partial charge on any atom is -0.143 e. The largest absolute Gasteiger partial charge is 0.143 e. The minimum absolute atomic E-state index is 0.737. The molecular formula is C10H14S. The first-order chi connectivity index (χ1) is 5.18. The van der Waals surface area contributed by atoms with Crippen LogP contribution in [0.4, 0.5) is 0 Å². The number of rotatable bonds is 2. The molecule has 0 spiro atoms. The van der Waals surface area contributed by atoms with E-state index in [4.69, 9.17) is 0 Å². The molecule has 0 aliphatic carbocycles. The van der Waals surface area contributed by atoms with Crippen LogP contribution in [0.15, 0.2) is 29.2 Å². The monoisotopic (exact) mass is 166 g/mol. The van der Waals surface area contributed by atoms with Gasteiger partial charge in [0.05, 0.1) is 0 Å². The molecule has 0 aliphatic rings. The molecule has 0 unspecified atom stereocenters. The van der Waals surface area contributed by atoms with E-state index < -0.39 is 0 Å². The first-order valence-corrected chi connectivity index (χ1v) is 4.41. The van der Waals surface area contributed by atoms with Gasteiger partial charge in [-0.25, -0.2) is 0 Å². The predicted octanol–water partition coefficient (Wildman–Crippen LogP) is 3.17. The molecule has 0 N–H and O–H groups in total. The van der Waals surface area contributed by atoms with Crippen LogP contribution in [0.3, 0.4) is 0 Å². The third kappa shape index (κ3) is 2.98. The zero-order valence-corrected chi connectivity index (χ0v) is 7.94. The summed E-state index contributed by atoms with van der Waals surface area (Å²) in [6.07, 6.45) is 1.16. The van der Waals surface area contributed by atoms with Crippen molar-refractivity contribution in [3.63, 3.8) is 0 Å². The van der Waals surface area contributed by atoms with Gasteiger partial charge in [-0.05, 0) is 30.0 Å². The van der Waals surface area contributed by atoms with E-state index >= 15 is 0 Å². The Balaban J connectivity index is 2.66. The molecule has 1 heteroatoms. The van der Waals surface area contributed by atoms with Crippen molar-refractivity contribution in [2.24, 2.45) is 5.92 Å². The van der Waals surface area contributed by atoms with Crippen molar-refractivity contribution in [3.05, 3.63) is 29.8 Å². The SMILES string of the molecule is CC(C)Cc1ccc(S)cc1. The molecular weight excluding hydrogens is 152 g/mol. The second kappa shape index (κ2) is 3.82. The standard InChI is InChI=1S/C10H14S/c1-8(2)7-9-3-5-10(11)6-4-9/h3-6,8,11H,7H2,1-2H3. The van der Waals surface area contributed by atoms with Crippen LogP contribution in [-0.2, 0) is 6.42 Å². The van der Waals surface area contributed by atoms with Gasteiger partial charge in [-0.2, -0.15) is 0 Å². The minimum atomic E-state index is 0.737. The molecule has 0 heterocycles. The molecule has 0 atom stereocenters. The van der Waals surface area contributed by atoms with E-state index in [-0.39, 0.29) is 0 Å². The number of hydrogen-bond donors (Lipinski definition) is 1. The van der Waals surface area contributed by atoms with Gasteiger partial charge >= 0.3 is 0 Å². The van der Waals surface area contributed by atoms with Crippen LogP contribution in [0.1, 0.15) is 19.4 Å². The zero-order valence-electron chi connectivity index (χ0n) is 7.04. The van der Waals surface area contributed by atoms with Crippen LogP contribution in [0.25, 0.3) is 0 Å². The van der Waals surface area contributed by atoms with Gasteiger partial charge in [-0.15, -0.1) is 12.6 Å². The molecule has 0 aromatic heterocycles. The van der Waals surface area contributed by atoms with Gasteiger partial charge in [0.2, 0.25) is 0 Å². The fourth-order valence-corrected chi connectivity index (χ4v) is 1.25. The Morgan fingerprint density at radius 1 is 1.18 bits per heavy atom. The lowest BCUT2D eigenvalue weighted by molar-refractivity contribution is 0.647. The first kappa shape index (κ1) is 8.66. The fourth-order valence-electron chi connectivity index (χ4n) is 1.10. The van der Waals surface area contributed by atoms with Gasteiger partial charge in [0.15, 0.2) is 0 Å². The van der Waals surface area contributed by atoms with E-state index in [0.717, 1.165) is 17.2 Å². The normalized spacial score (nSPS) is 10.5. The van der Waals surface area contributed by atoms with Gasteiger partial charge < -0.3 is 0 Å². The molecule has 0 saturated carbocycles. The Bertz CT molecular complexity index is 211. The average Bonchev–Trinajstić information content (AvgIpc) is 1.93. The molecule has 0 radical (unpaired) electrons. The highest BCUT2D eigenvalue weighted by molar-refractivity contribution is 7.80. The summed E-state index contributed by atoms with van der Waals surface area (Å²) in [5.41, 5.74) is 1.40. The number of hydrogen-bond acceptors (Lipinski definition) is 1. The highest BCUT2D eigenvalue weighted by Gasteiger charge is 1.95. The third-order valence-corrected chi connectivity index (χ3v) is 1.88. The maximum absolute atomic E-state index is 4.22. The Morgan fingerprint density at radius 3 is 2.18 bits per heavy atom. The number of benzene rings is 1. The molecule has 0 fully saturated rings. The van der Waals surface area contributed by atoms with Crippen LogP contribution in [-0.4, -0.2) is 0 Å². The van der Waals surface area contributed by atoms with Crippen LogP contribution < -0.4 is 0 Å². The summed E-state index contributed by atoms with van der Waals surface area (Å²) in [4.78, 5) is 1.04. The quantitative estimate of drug-likeness (QED) is 0.641. The molecule has 1 rings (SSSR count). The molecule has 0 saturated heterocycles. The van der Waals surface area contributed by atoms with Crippen LogP contribution in [0.2, 0.25) is 0 Å². The summed E-state index contributed by atoms with van der Waals surface area (Å²) in [6.45, 7) is 4.46. The van der Waals surface area contributed by atoms with Crippen molar-refractivity contribution in [1.29, 1.82) is 0 Å². The third-order valence-electron chi connectivity index (χ3n) is 1.58. The van der Waals surface area contributed by atoms with Gasteiger partial charge in [0.25, 0.3) is 0 Å². The van der Waals surface area contributed by atoms with Gasteiger partial charge in [-0.3, -0.25) is 0 Å². The van der Waals surface area contributed by atoms with Gasteiger partial charge in [-0.1, -0.05) is 26.0 Å². The van der Waals surface area contributed by atoms with E-state index in [1.807, 2.05) is 12.1 Å². The zero-order chi connectivity index (χ0) is 8.27.